The molecule has 0 aliphatic carbocycles. The van der Waals surface area contributed by atoms with E-state index in [1.54, 1.807) is 0 Å². The Labute approximate surface area is 185 Å². The zero-order chi connectivity index (χ0) is 19.1. The third-order valence-electron chi connectivity index (χ3n) is 4.73. The van der Waals surface area contributed by atoms with Crippen LogP contribution in [0.2, 0.25) is 0 Å². The maximum Gasteiger partial charge on any atom is 0.193 e. The molecule has 1 aromatic heterocycles. The van der Waals surface area contributed by atoms with Gasteiger partial charge in [0, 0.05) is 39.4 Å². The smallest absolute Gasteiger partial charge is 0.193 e. The van der Waals surface area contributed by atoms with E-state index in [1.165, 1.54) is 0 Å². The van der Waals surface area contributed by atoms with Crippen LogP contribution in [0.1, 0.15) is 12.5 Å². The molecular weight excluding hydrogens is 465 g/mol. The number of rotatable bonds is 5. The van der Waals surface area contributed by atoms with Gasteiger partial charge in [0.05, 0.1) is 6.54 Å². The summed E-state index contributed by atoms with van der Waals surface area (Å²) < 4.78 is 6.05. The number of para-hydroxylation sites is 1. The van der Waals surface area contributed by atoms with Gasteiger partial charge in [-0.1, -0.05) is 24.3 Å². The van der Waals surface area contributed by atoms with E-state index in [4.69, 9.17) is 4.74 Å². The molecule has 1 fully saturated rings. The van der Waals surface area contributed by atoms with Crippen molar-refractivity contribution in [3.63, 3.8) is 0 Å². The van der Waals surface area contributed by atoms with E-state index in [0.29, 0.717) is 6.54 Å². The largest absolute Gasteiger partial charge is 0.489 e. The van der Waals surface area contributed by atoms with Gasteiger partial charge in [-0.15, -0.1) is 24.0 Å². The summed E-state index contributed by atoms with van der Waals surface area (Å²) in [4.78, 5) is 13.5. The first-order valence-corrected chi connectivity index (χ1v) is 9.51. The Hall–Kier alpha value is -2.03. The van der Waals surface area contributed by atoms with Gasteiger partial charge in [-0.25, -0.2) is 4.98 Å². The molecule has 1 aromatic carbocycles. The van der Waals surface area contributed by atoms with E-state index >= 15 is 0 Å². The molecule has 7 heteroatoms. The molecule has 6 nitrogen and oxygen atoms in total. The lowest BCUT2D eigenvalue weighted by Crippen LogP contribution is -2.53. The second-order valence-corrected chi connectivity index (χ2v) is 6.78. The fourth-order valence-electron chi connectivity index (χ4n) is 3.20. The van der Waals surface area contributed by atoms with Crippen LogP contribution in [-0.4, -0.2) is 61.7 Å². The highest BCUT2D eigenvalue weighted by molar-refractivity contribution is 14.0. The molecule has 2 aromatic rings. The quantitative estimate of drug-likeness (QED) is 0.393. The molecular formula is C21H30IN5O. The number of hydrogen-bond donors (Lipinski definition) is 1. The number of halogens is 1. The normalized spacial score (nSPS) is 15.6. The lowest BCUT2D eigenvalue weighted by molar-refractivity contribution is 0.220. The summed E-state index contributed by atoms with van der Waals surface area (Å²) in [5.41, 5.74) is 1.15. The highest BCUT2D eigenvalue weighted by Crippen LogP contribution is 2.17. The van der Waals surface area contributed by atoms with Gasteiger partial charge in [0.1, 0.15) is 17.7 Å². The summed E-state index contributed by atoms with van der Waals surface area (Å²) in [5.74, 6) is 2.90. The summed E-state index contributed by atoms with van der Waals surface area (Å²) in [7, 11) is 1.83. The van der Waals surface area contributed by atoms with E-state index in [0.717, 1.165) is 49.3 Å². The minimum atomic E-state index is 0. The number of hydrogen-bond acceptors (Lipinski definition) is 4. The van der Waals surface area contributed by atoms with Crippen molar-refractivity contribution in [1.82, 2.24) is 15.2 Å². The number of aryl methyl sites for hydroxylation is 1. The highest BCUT2D eigenvalue weighted by Gasteiger charge is 2.20. The maximum absolute atomic E-state index is 6.05. The number of aliphatic imine (C=N–C) groups is 1. The van der Waals surface area contributed by atoms with Gasteiger partial charge in [-0.3, -0.25) is 4.99 Å². The van der Waals surface area contributed by atoms with Gasteiger partial charge in [0.15, 0.2) is 5.96 Å². The van der Waals surface area contributed by atoms with Crippen LogP contribution in [0.4, 0.5) is 5.82 Å². The van der Waals surface area contributed by atoms with Crippen LogP contribution < -0.4 is 15.0 Å². The third-order valence-corrected chi connectivity index (χ3v) is 4.73. The monoisotopic (exact) mass is 495 g/mol. The summed E-state index contributed by atoms with van der Waals surface area (Å²) >= 11 is 0. The first-order chi connectivity index (χ1) is 13.2. The van der Waals surface area contributed by atoms with Crippen LogP contribution >= 0.6 is 24.0 Å². The van der Waals surface area contributed by atoms with E-state index < -0.39 is 0 Å². The average Bonchev–Trinajstić information content (AvgIpc) is 2.71. The predicted molar refractivity (Wildman–Crippen MR) is 126 cm³/mol. The number of benzene rings is 1. The van der Waals surface area contributed by atoms with Crippen molar-refractivity contribution in [2.45, 2.75) is 20.0 Å². The zero-order valence-electron chi connectivity index (χ0n) is 16.8. The van der Waals surface area contributed by atoms with E-state index in [-0.39, 0.29) is 30.1 Å². The summed E-state index contributed by atoms with van der Waals surface area (Å²) in [6.07, 6.45) is 1.90. The van der Waals surface area contributed by atoms with Gasteiger partial charge in [0.25, 0.3) is 0 Å². The number of aromatic nitrogens is 1. The fourth-order valence-corrected chi connectivity index (χ4v) is 3.20. The van der Waals surface area contributed by atoms with Crippen LogP contribution in [0.3, 0.4) is 0 Å². The van der Waals surface area contributed by atoms with Crippen molar-refractivity contribution in [2.75, 3.05) is 44.7 Å². The average molecular weight is 495 g/mol. The molecule has 1 unspecified atom stereocenters. The molecule has 0 radical (unpaired) electrons. The van der Waals surface area contributed by atoms with Crippen molar-refractivity contribution in [3.05, 3.63) is 54.2 Å². The third kappa shape index (κ3) is 5.98. The molecule has 1 aliphatic heterocycles. The predicted octanol–water partition coefficient (Wildman–Crippen LogP) is 3.17. The molecule has 152 valence electrons. The van der Waals surface area contributed by atoms with Crippen molar-refractivity contribution >= 4 is 35.8 Å². The minimum Gasteiger partial charge on any atom is -0.489 e. The Kier molecular flexibility index (Phi) is 8.82. The minimum absolute atomic E-state index is 0. The molecule has 28 heavy (non-hydrogen) atoms. The topological polar surface area (TPSA) is 53.0 Å². The molecule has 2 heterocycles. The number of ether oxygens (including phenoxy) is 1. The van der Waals surface area contributed by atoms with E-state index in [9.17, 15) is 0 Å². The second kappa shape index (κ2) is 11.1. The molecule has 1 atom stereocenters. The number of nitrogens with zero attached hydrogens (tertiary/aromatic N) is 4. The summed E-state index contributed by atoms with van der Waals surface area (Å²) in [6, 6.07) is 14.1. The van der Waals surface area contributed by atoms with E-state index in [2.05, 4.69) is 51.1 Å². The molecule has 0 bridgehead atoms. The molecule has 0 amide bonds. The SMILES string of the molecule is CN=C(NCC(C)Oc1ccccc1C)N1CCN(c2ccccn2)CC1.I. The molecule has 1 saturated heterocycles. The van der Waals surface area contributed by atoms with Gasteiger partial charge < -0.3 is 19.9 Å². The Morgan fingerprint density at radius 1 is 1.14 bits per heavy atom. The van der Waals surface area contributed by atoms with Gasteiger partial charge in [-0.2, -0.15) is 0 Å². The number of anilines is 1. The summed E-state index contributed by atoms with van der Waals surface area (Å²) in [6.45, 7) is 8.56. The molecule has 1 N–H and O–H groups in total. The van der Waals surface area contributed by atoms with Gasteiger partial charge in [-0.05, 0) is 37.6 Å². The standard InChI is InChI=1S/C21H29N5O.HI/c1-17-8-4-5-9-19(17)27-18(2)16-24-21(22-3)26-14-12-25(13-15-26)20-10-6-7-11-23-20;/h4-11,18H,12-16H2,1-3H3,(H,22,24);1H. The first-order valence-electron chi connectivity index (χ1n) is 9.51. The van der Waals surface area contributed by atoms with Crippen molar-refractivity contribution in [2.24, 2.45) is 4.99 Å². The lowest BCUT2D eigenvalue weighted by Gasteiger charge is -2.37. The Morgan fingerprint density at radius 2 is 1.86 bits per heavy atom. The number of guanidine groups is 1. The molecule has 3 rings (SSSR count). The zero-order valence-corrected chi connectivity index (χ0v) is 19.2. The van der Waals surface area contributed by atoms with Crippen LogP contribution in [-0.2, 0) is 0 Å². The van der Waals surface area contributed by atoms with Crippen molar-refractivity contribution in [3.8, 4) is 5.75 Å². The summed E-state index contributed by atoms with van der Waals surface area (Å²) in [5, 5.41) is 3.45. The Balaban J connectivity index is 0.00000280. The van der Waals surface area contributed by atoms with Gasteiger partial charge >= 0.3 is 0 Å². The number of nitrogens with one attached hydrogen (secondary N) is 1. The number of piperazine rings is 1. The van der Waals surface area contributed by atoms with E-state index in [1.807, 2.05) is 43.6 Å². The van der Waals surface area contributed by atoms with Gasteiger partial charge in [0.2, 0.25) is 0 Å². The molecule has 1 aliphatic rings. The molecule has 0 spiro atoms. The lowest BCUT2D eigenvalue weighted by atomic mass is 10.2. The fraction of sp³-hybridized carbons (Fsp3) is 0.429. The highest BCUT2D eigenvalue weighted by atomic mass is 127. The maximum atomic E-state index is 6.05. The Bertz CT molecular complexity index is 747. The first kappa shape index (κ1) is 22.3. The van der Waals surface area contributed by atoms with Crippen molar-refractivity contribution in [1.29, 1.82) is 0 Å². The van der Waals surface area contributed by atoms with Crippen LogP contribution in [0, 0.1) is 6.92 Å². The molecule has 0 saturated carbocycles. The van der Waals surface area contributed by atoms with Crippen LogP contribution in [0.25, 0.3) is 0 Å². The second-order valence-electron chi connectivity index (χ2n) is 6.78. The van der Waals surface area contributed by atoms with Crippen LogP contribution in [0.15, 0.2) is 53.7 Å². The van der Waals surface area contributed by atoms with Crippen LogP contribution in [0.5, 0.6) is 5.75 Å². The number of pyridine rings is 1. The Morgan fingerprint density at radius 3 is 2.50 bits per heavy atom. The van der Waals surface area contributed by atoms with Crippen molar-refractivity contribution < 1.29 is 4.74 Å².